The number of ether oxygens (including phenoxy) is 1. The molecule has 21 heavy (non-hydrogen) atoms. The van der Waals surface area contributed by atoms with Crippen LogP contribution in [0.2, 0.25) is 0 Å². The van der Waals surface area contributed by atoms with Crippen molar-refractivity contribution in [3.8, 4) is 17.2 Å². The lowest BCUT2D eigenvalue weighted by molar-refractivity contribution is 0.242. The zero-order valence-electron chi connectivity index (χ0n) is 12.9. The Labute approximate surface area is 125 Å². The van der Waals surface area contributed by atoms with Gasteiger partial charge in [-0.05, 0) is 51.6 Å². The summed E-state index contributed by atoms with van der Waals surface area (Å²) < 4.78 is 11.4. The Morgan fingerprint density at radius 3 is 2.90 bits per heavy atom. The van der Waals surface area contributed by atoms with Crippen molar-refractivity contribution in [1.82, 2.24) is 15.5 Å². The van der Waals surface area contributed by atoms with Gasteiger partial charge >= 0.3 is 0 Å². The van der Waals surface area contributed by atoms with Crippen LogP contribution >= 0.6 is 0 Å². The third kappa shape index (κ3) is 4.86. The first-order valence-corrected chi connectivity index (χ1v) is 7.49. The minimum absolute atomic E-state index is 0.143. The second kappa shape index (κ2) is 7.78. The Balaban J connectivity index is 2.00. The number of nitrogens with zero attached hydrogens (tertiary/aromatic N) is 2. The molecule has 2 aromatic rings. The SMILES string of the molecule is CCNCCCc1nnc(-c2cccc(OC(C)C)c2)o1. The van der Waals surface area contributed by atoms with Crippen LogP contribution in [0.4, 0.5) is 0 Å². The summed E-state index contributed by atoms with van der Waals surface area (Å²) in [5, 5.41) is 11.5. The van der Waals surface area contributed by atoms with Gasteiger partial charge in [-0.1, -0.05) is 13.0 Å². The summed E-state index contributed by atoms with van der Waals surface area (Å²) in [5.41, 5.74) is 0.888. The molecule has 0 amide bonds. The molecule has 0 bridgehead atoms. The van der Waals surface area contributed by atoms with Gasteiger partial charge < -0.3 is 14.5 Å². The lowest BCUT2D eigenvalue weighted by atomic mass is 10.2. The monoisotopic (exact) mass is 289 g/mol. The molecule has 0 saturated carbocycles. The molecule has 0 saturated heterocycles. The number of hydrogen-bond donors (Lipinski definition) is 1. The van der Waals surface area contributed by atoms with E-state index in [-0.39, 0.29) is 6.10 Å². The molecular formula is C16H23N3O2. The molecule has 0 aliphatic heterocycles. The van der Waals surface area contributed by atoms with E-state index in [4.69, 9.17) is 9.15 Å². The summed E-state index contributed by atoms with van der Waals surface area (Å²) in [6.45, 7) is 8.05. The van der Waals surface area contributed by atoms with Crippen molar-refractivity contribution >= 4 is 0 Å². The maximum absolute atomic E-state index is 5.70. The van der Waals surface area contributed by atoms with E-state index in [0.29, 0.717) is 11.8 Å². The highest BCUT2D eigenvalue weighted by atomic mass is 16.5. The molecule has 1 heterocycles. The summed E-state index contributed by atoms with van der Waals surface area (Å²) in [5.74, 6) is 2.04. The van der Waals surface area contributed by atoms with Crippen molar-refractivity contribution in [3.63, 3.8) is 0 Å². The van der Waals surface area contributed by atoms with Crippen LogP contribution in [0.25, 0.3) is 11.5 Å². The van der Waals surface area contributed by atoms with Gasteiger partial charge in [0.1, 0.15) is 5.75 Å². The average molecular weight is 289 g/mol. The fourth-order valence-electron chi connectivity index (χ4n) is 1.99. The fourth-order valence-corrected chi connectivity index (χ4v) is 1.99. The van der Waals surface area contributed by atoms with E-state index in [1.54, 1.807) is 0 Å². The number of benzene rings is 1. The molecular weight excluding hydrogens is 266 g/mol. The first-order valence-electron chi connectivity index (χ1n) is 7.49. The third-order valence-electron chi connectivity index (χ3n) is 2.91. The topological polar surface area (TPSA) is 60.2 Å². The molecule has 114 valence electrons. The smallest absolute Gasteiger partial charge is 0.247 e. The highest BCUT2D eigenvalue weighted by Gasteiger charge is 2.09. The Morgan fingerprint density at radius 2 is 2.14 bits per heavy atom. The van der Waals surface area contributed by atoms with Crippen molar-refractivity contribution in [2.75, 3.05) is 13.1 Å². The zero-order chi connectivity index (χ0) is 15.1. The number of hydrogen-bond acceptors (Lipinski definition) is 5. The summed E-state index contributed by atoms with van der Waals surface area (Å²) in [4.78, 5) is 0. The predicted octanol–water partition coefficient (Wildman–Crippen LogP) is 3.07. The van der Waals surface area contributed by atoms with Crippen molar-refractivity contribution in [2.45, 2.75) is 39.7 Å². The van der Waals surface area contributed by atoms with Gasteiger partial charge in [-0.25, -0.2) is 0 Å². The van der Waals surface area contributed by atoms with Crippen LogP contribution in [-0.4, -0.2) is 29.4 Å². The molecule has 2 rings (SSSR count). The second-order valence-corrected chi connectivity index (χ2v) is 5.15. The van der Waals surface area contributed by atoms with Gasteiger partial charge in [-0.3, -0.25) is 0 Å². The lowest BCUT2D eigenvalue weighted by Crippen LogP contribution is -2.14. The van der Waals surface area contributed by atoms with Gasteiger partial charge in [0.15, 0.2) is 0 Å². The molecule has 0 spiro atoms. The molecule has 5 heteroatoms. The standard InChI is InChI=1S/C16H23N3O2/c1-4-17-10-6-9-15-18-19-16(21-15)13-7-5-8-14(11-13)20-12(2)3/h5,7-8,11-12,17H,4,6,9-10H2,1-3H3. The molecule has 0 radical (unpaired) electrons. The third-order valence-corrected chi connectivity index (χ3v) is 2.91. The number of aryl methyl sites for hydroxylation is 1. The van der Waals surface area contributed by atoms with Crippen LogP contribution in [0.3, 0.4) is 0 Å². The van der Waals surface area contributed by atoms with Crippen molar-refractivity contribution in [2.24, 2.45) is 0 Å². The van der Waals surface area contributed by atoms with Crippen LogP contribution in [-0.2, 0) is 6.42 Å². The molecule has 0 unspecified atom stereocenters. The molecule has 0 fully saturated rings. The van der Waals surface area contributed by atoms with E-state index in [9.17, 15) is 0 Å². The van der Waals surface area contributed by atoms with Crippen molar-refractivity contribution in [3.05, 3.63) is 30.2 Å². The zero-order valence-corrected chi connectivity index (χ0v) is 12.9. The molecule has 0 aliphatic rings. The van der Waals surface area contributed by atoms with E-state index < -0.39 is 0 Å². The normalized spacial score (nSPS) is 11.0. The highest BCUT2D eigenvalue weighted by molar-refractivity contribution is 5.55. The lowest BCUT2D eigenvalue weighted by Gasteiger charge is -2.09. The van der Waals surface area contributed by atoms with E-state index in [2.05, 4.69) is 22.4 Å². The van der Waals surface area contributed by atoms with E-state index in [1.165, 1.54) is 0 Å². The maximum atomic E-state index is 5.70. The minimum atomic E-state index is 0.143. The van der Waals surface area contributed by atoms with Crippen LogP contribution in [0.5, 0.6) is 5.75 Å². The van der Waals surface area contributed by atoms with Gasteiger partial charge in [-0.2, -0.15) is 0 Å². The molecule has 0 atom stereocenters. The molecule has 1 aromatic carbocycles. The van der Waals surface area contributed by atoms with Gasteiger partial charge in [0.25, 0.3) is 0 Å². The van der Waals surface area contributed by atoms with E-state index in [0.717, 1.165) is 37.2 Å². The van der Waals surface area contributed by atoms with Crippen molar-refractivity contribution < 1.29 is 9.15 Å². The molecule has 1 N–H and O–H groups in total. The second-order valence-electron chi connectivity index (χ2n) is 5.15. The summed E-state index contributed by atoms with van der Waals surface area (Å²) in [6, 6.07) is 7.73. The van der Waals surface area contributed by atoms with Crippen LogP contribution < -0.4 is 10.1 Å². The first kappa shape index (κ1) is 15.5. The van der Waals surface area contributed by atoms with Crippen molar-refractivity contribution in [1.29, 1.82) is 0 Å². The molecule has 0 aliphatic carbocycles. The van der Waals surface area contributed by atoms with E-state index in [1.807, 2.05) is 38.1 Å². The Bertz CT molecular complexity index is 552. The number of rotatable bonds is 8. The number of nitrogens with one attached hydrogen (secondary N) is 1. The summed E-state index contributed by atoms with van der Waals surface area (Å²) >= 11 is 0. The van der Waals surface area contributed by atoms with E-state index >= 15 is 0 Å². The Morgan fingerprint density at radius 1 is 1.29 bits per heavy atom. The predicted molar refractivity (Wildman–Crippen MR) is 82.4 cm³/mol. The summed E-state index contributed by atoms with van der Waals surface area (Å²) in [6.07, 6.45) is 1.93. The number of aromatic nitrogens is 2. The van der Waals surface area contributed by atoms with Gasteiger partial charge in [0, 0.05) is 12.0 Å². The minimum Gasteiger partial charge on any atom is -0.491 e. The Kier molecular flexibility index (Phi) is 5.75. The quantitative estimate of drug-likeness (QED) is 0.757. The van der Waals surface area contributed by atoms with Gasteiger partial charge in [-0.15, -0.1) is 10.2 Å². The van der Waals surface area contributed by atoms with Crippen LogP contribution in [0, 0.1) is 0 Å². The molecule has 1 aromatic heterocycles. The fraction of sp³-hybridized carbons (Fsp3) is 0.500. The maximum Gasteiger partial charge on any atom is 0.247 e. The van der Waals surface area contributed by atoms with Crippen LogP contribution in [0.1, 0.15) is 33.1 Å². The largest absolute Gasteiger partial charge is 0.491 e. The average Bonchev–Trinajstić information content (AvgIpc) is 2.92. The summed E-state index contributed by atoms with van der Waals surface area (Å²) in [7, 11) is 0. The molecule has 5 nitrogen and oxygen atoms in total. The first-order chi connectivity index (χ1) is 10.2. The Hall–Kier alpha value is -1.88. The van der Waals surface area contributed by atoms with Crippen LogP contribution in [0.15, 0.2) is 28.7 Å². The van der Waals surface area contributed by atoms with Gasteiger partial charge in [0.05, 0.1) is 6.10 Å². The highest BCUT2D eigenvalue weighted by Crippen LogP contribution is 2.23. The van der Waals surface area contributed by atoms with Gasteiger partial charge in [0.2, 0.25) is 11.8 Å².